The lowest BCUT2D eigenvalue weighted by atomic mass is 10.3. The van der Waals surface area contributed by atoms with Gasteiger partial charge in [-0.25, -0.2) is 8.42 Å². The molecular weight excluding hydrogens is 332 g/mol. The summed E-state index contributed by atoms with van der Waals surface area (Å²) >= 11 is 1.46. The lowest BCUT2D eigenvalue weighted by Crippen LogP contribution is -2.13. The number of hydrogen-bond acceptors (Lipinski definition) is 5. The van der Waals surface area contributed by atoms with Crippen molar-refractivity contribution in [2.45, 2.75) is 10.1 Å². The maximum Gasteiger partial charge on any atom is 0.261 e. The third-order valence-electron chi connectivity index (χ3n) is 3.13. The molecule has 0 amide bonds. The molecule has 0 aliphatic rings. The molecule has 0 radical (unpaired) electrons. The van der Waals surface area contributed by atoms with Gasteiger partial charge in [-0.2, -0.15) is 0 Å². The van der Waals surface area contributed by atoms with Gasteiger partial charge >= 0.3 is 0 Å². The Kier molecular flexibility index (Phi) is 4.35. The van der Waals surface area contributed by atoms with Crippen molar-refractivity contribution in [3.63, 3.8) is 0 Å². The molecule has 0 saturated heterocycles. The number of nitrogens with zero attached hydrogens (tertiary/aromatic N) is 3. The van der Waals surface area contributed by atoms with Crippen LogP contribution in [0.3, 0.4) is 0 Å². The third kappa shape index (κ3) is 3.38. The molecule has 0 spiro atoms. The lowest BCUT2D eigenvalue weighted by molar-refractivity contribution is 0.601. The summed E-state index contributed by atoms with van der Waals surface area (Å²) in [6.07, 6.45) is 3.50. The predicted molar refractivity (Wildman–Crippen MR) is 90.4 cm³/mol. The summed E-state index contributed by atoms with van der Waals surface area (Å²) in [6.45, 7) is 0. The van der Waals surface area contributed by atoms with E-state index >= 15 is 0 Å². The second kappa shape index (κ2) is 6.43. The molecule has 0 saturated carbocycles. The number of sulfonamides is 1. The van der Waals surface area contributed by atoms with Gasteiger partial charge in [-0.3, -0.25) is 9.29 Å². The number of anilines is 1. The van der Waals surface area contributed by atoms with Crippen LogP contribution in [0.25, 0.3) is 5.69 Å². The standard InChI is InChI=1S/C15H14N4O2S2/c1-22-15-17-16-11-19(15)13-7-5-6-12(10-13)18-23(20,21)14-8-3-2-4-9-14/h2-11,18H,1H3. The van der Waals surface area contributed by atoms with Gasteiger partial charge in [0, 0.05) is 0 Å². The Bertz CT molecular complexity index is 908. The first-order valence-corrected chi connectivity index (χ1v) is 9.43. The zero-order valence-corrected chi connectivity index (χ0v) is 13.9. The van der Waals surface area contributed by atoms with Crippen LogP contribution in [0.4, 0.5) is 5.69 Å². The first-order chi connectivity index (χ1) is 11.1. The normalized spacial score (nSPS) is 11.3. The molecule has 2 aromatic carbocycles. The Morgan fingerprint density at radius 1 is 1.09 bits per heavy atom. The highest BCUT2D eigenvalue weighted by Gasteiger charge is 2.14. The van der Waals surface area contributed by atoms with Crippen LogP contribution in [0.1, 0.15) is 0 Å². The van der Waals surface area contributed by atoms with Crippen LogP contribution >= 0.6 is 11.8 Å². The summed E-state index contributed by atoms with van der Waals surface area (Å²) < 4.78 is 29.1. The number of aromatic nitrogens is 3. The van der Waals surface area contributed by atoms with E-state index in [9.17, 15) is 8.42 Å². The Morgan fingerprint density at radius 3 is 2.61 bits per heavy atom. The number of thioether (sulfide) groups is 1. The molecule has 0 atom stereocenters. The molecule has 0 aliphatic heterocycles. The van der Waals surface area contributed by atoms with Gasteiger partial charge in [0.25, 0.3) is 10.0 Å². The highest BCUT2D eigenvalue weighted by Crippen LogP contribution is 2.21. The minimum absolute atomic E-state index is 0.222. The van der Waals surface area contributed by atoms with E-state index in [2.05, 4.69) is 14.9 Å². The van der Waals surface area contributed by atoms with Crippen molar-refractivity contribution in [1.82, 2.24) is 14.8 Å². The molecule has 0 fully saturated rings. The molecule has 3 rings (SSSR count). The molecule has 6 nitrogen and oxygen atoms in total. The Morgan fingerprint density at radius 2 is 1.87 bits per heavy atom. The first kappa shape index (κ1) is 15.6. The van der Waals surface area contributed by atoms with Crippen molar-refractivity contribution in [1.29, 1.82) is 0 Å². The van der Waals surface area contributed by atoms with E-state index in [0.29, 0.717) is 5.69 Å². The van der Waals surface area contributed by atoms with E-state index in [-0.39, 0.29) is 4.90 Å². The number of rotatable bonds is 5. The van der Waals surface area contributed by atoms with E-state index in [0.717, 1.165) is 10.8 Å². The van der Waals surface area contributed by atoms with Gasteiger partial charge < -0.3 is 0 Å². The monoisotopic (exact) mass is 346 g/mol. The predicted octanol–water partition coefficient (Wildman–Crippen LogP) is 2.79. The minimum Gasteiger partial charge on any atom is -0.280 e. The molecule has 23 heavy (non-hydrogen) atoms. The molecule has 8 heteroatoms. The molecular formula is C15H14N4O2S2. The van der Waals surface area contributed by atoms with Crippen molar-refractivity contribution in [2.24, 2.45) is 0 Å². The van der Waals surface area contributed by atoms with Crippen LogP contribution in [0.15, 0.2) is 71.0 Å². The Hall–Kier alpha value is -2.32. The van der Waals surface area contributed by atoms with Crippen LogP contribution in [0.2, 0.25) is 0 Å². The average molecular weight is 346 g/mol. The quantitative estimate of drug-likeness (QED) is 0.719. The molecule has 0 unspecified atom stereocenters. The van der Waals surface area contributed by atoms with Crippen molar-refractivity contribution in [3.8, 4) is 5.69 Å². The second-order valence-electron chi connectivity index (χ2n) is 4.66. The van der Waals surface area contributed by atoms with Crippen molar-refractivity contribution < 1.29 is 8.42 Å². The van der Waals surface area contributed by atoms with Crippen LogP contribution in [-0.2, 0) is 10.0 Å². The van der Waals surface area contributed by atoms with Crippen molar-refractivity contribution in [2.75, 3.05) is 11.0 Å². The van der Waals surface area contributed by atoms with Crippen LogP contribution in [-0.4, -0.2) is 29.4 Å². The minimum atomic E-state index is -3.61. The average Bonchev–Trinajstić information content (AvgIpc) is 3.04. The van der Waals surface area contributed by atoms with Crippen molar-refractivity contribution >= 4 is 27.5 Å². The molecule has 1 N–H and O–H groups in total. The largest absolute Gasteiger partial charge is 0.280 e. The number of hydrogen-bond donors (Lipinski definition) is 1. The van der Waals surface area contributed by atoms with E-state index in [1.54, 1.807) is 59.4 Å². The smallest absolute Gasteiger partial charge is 0.261 e. The van der Waals surface area contributed by atoms with Crippen molar-refractivity contribution in [3.05, 3.63) is 60.9 Å². The van der Waals surface area contributed by atoms with E-state index in [4.69, 9.17) is 0 Å². The van der Waals surface area contributed by atoms with Crippen LogP contribution < -0.4 is 4.72 Å². The third-order valence-corrected chi connectivity index (χ3v) is 5.17. The Balaban J connectivity index is 1.92. The highest BCUT2D eigenvalue weighted by atomic mass is 32.2. The first-order valence-electron chi connectivity index (χ1n) is 6.72. The summed E-state index contributed by atoms with van der Waals surface area (Å²) in [6, 6.07) is 15.3. The molecule has 0 bridgehead atoms. The molecule has 1 aromatic heterocycles. The summed E-state index contributed by atoms with van der Waals surface area (Å²) in [5, 5.41) is 8.60. The van der Waals surface area contributed by atoms with Gasteiger partial charge in [0.2, 0.25) is 0 Å². The highest BCUT2D eigenvalue weighted by molar-refractivity contribution is 7.98. The SMILES string of the molecule is CSc1nncn1-c1cccc(NS(=O)(=O)c2ccccc2)c1. The molecule has 118 valence electrons. The Labute approximate surface area is 138 Å². The van der Waals surface area contributed by atoms with Crippen LogP contribution in [0, 0.1) is 0 Å². The fourth-order valence-corrected chi connectivity index (χ4v) is 3.62. The molecule has 1 heterocycles. The topological polar surface area (TPSA) is 76.9 Å². The van der Waals surface area contributed by atoms with Gasteiger partial charge in [-0.05, 0) is 36.6 Å². The fourth-order valence-electron chi connectivity index (χ4n) is 2.07. The molecule has 3 aromatic rings. The van der Waals surface area contributed by atoms with Gasteiger partial charge in [-0.15, -0.1) is 10.2 Å². The fraction of sp³-hybridized carbons (Fsp3) is 0.0667. The maximum absolute atomic E-state index is 12.4. The number of nitrogens with one attached hydrogen (secondary N) is 1. The van der Waals surface area contributed by atoms with E-state index in [1.165, 1.54) is 11.8 Å². The van der Waals surface area contributed by atoms with Gasteiger partial charge in [0.05, 0.1) is 16.3 Å². The van der Waals surface area contributed by atoms with Gasteiger partial charge in [0.1, 0.15) is 6.33 Å². The van der Waals surface area contributed by atoms with Gasteiger partial charge in [-0.1, -0.05) is 36.0 Å². The number of benzene rings is 2. The summed E-state index contributed by atoms with van der Waals surface area (Å²) in [5.41, 5.74) is 1.26. The maximum atomic E-state index is 12.4. The van der Waals surface area contributed by atoms with E-state index in [1.807, 2.05) is 12.3 Å². The molecule has 0 aliphatic carbocycles. The van der Waals surface area contributed by atoms with E-state index < -0.39 is 10.0 Å². The summed E-state index contributed by atoms with van der Waals surface area (Å²) in [5.74, 6) is 0. The summed E-state index contributed by atoms with van der Waals surface area (Å²) in [4.78, 5) is 0.222. The zero-order chi connectivity index (χ0) is 16.3. The van der Waals surface area contributed by atoms with Crippen LogP contribution in [0.5, 0.6) is 0 Å². The van der Waals surface area contributed by atoms with Gasteiger partial charge in [0.15, 0.2) is 5.16 Å². The lowest BCUT2D eigenvalue weighted by Gasteiger charge is -2.10. The summed E-state index contributed by atoms with van der Waals surface area (Å²) in [7, 11) is -3.61. The zero-order valence-electron chi connectivity index (χ0n) is 12.2. The second-order valence-corrected chi connectivity index (χ2v) is 7.11.